The van der Waals surface area contributed by atoms with Gasteiger partial charge in [-0.3, -0.25) is 4.98 Å². The van der Waals surface area contributed by atoms with Crippen LogP contribution in [0, 0.1) is 0 Å². The number of aromatic nitrogens is 2. The highest BCUT2D eigenvalue weighted by Crippen LogP contribution is 1.88. The van der Waals surface area contributed by atoms with Crippen LogP contribution in [0.2, 0.25) is 0 Å². The summed E-state index contributed by atoms with van der Waals surface area (Å²) in [6.45, 7) is 0. The molecule has 0 radical (unpaired) electrons. The maximum absolute atomic E-state index is 5.09. The predicted octanol–water partition coefficient (Wildman–Crippen LogP) is -1.44. The average Bonchev–Trinajstić information content (AvgIpc) is 2.09. The van der Waals surface area contributed by atoms with Crippen LogP contribution in [0.25, 0.3) is 0 Å². The van der Waals surface area contributed by atoms with Gasteiger partial charge in [-0.25, -0.2) is 10.8 Å². The monoisotopic (exact) mass is 152 g/mol. The molecule has 0 amide bonds. The molecule has 0 fully saturated rings. The van der Waals surface area contributed by atoms with Gasteiger partial charge in [0.15, 0.2) is 5.84 Å². The Morgan fingerprint density at radius 3 is 2.82 bits per heavy atom. The molecule has 11 heavy (non-hydrogen) atoms. The third-order valence-corrected chi connectivity index (χ3v) is 1.07. The molecule has 6 nitrogen and oxygen atoms in total. The largest absolute Gasteiger partial charge is 0.321 e. The van der Waals surface area contributed by atoms with Gasteiger partial charge in [-0.2, -0.15) is 5.10 Å². The Kier molecular flexibility index (Phi) is 2.34. The highest BCUT2D eigenvalue weighted by molar-refractivity contribution is 5.95. The molecule has 0 bridgehead atoms. The fraction of sp³-hybridized carbons (Fsp3) is 0. The molecule has 0 aliphatic heterocycles. The maximum Gasteiger partial charge on any atom is 0.187 e. The molecule has 0 saturated carbocycles. The van der Waals surface area contributed by atoms with E-state index in [1.54, 1.807) is 6.20 Å². The predicted molar refractivity (Wildman–Crippen MR) is 40.1 cm³/mol. The van der Waals surface area contributed by atoms with E-state index in [1.807, 2.05) is 0 Å². The van der Waals surface area contributed by atoms with Gasteiger partial charge in [0.2, 0.25) is 0 Å². The summed E-state index contributed by atoms with van der Waals surface area (Å²) in [5.74, 6) is 10.4. The minimum atomic E-state index is 0.304. The lowest BCUT2D eigenvalue weighted by Gasteiger charge is -1.99. The van der Waals surface area contributed by atoms with Crippen LogP contribution in [0.3, 0.4) is 0 Å². The highest BCUT2D eigenvalue weighted by Gasteiger charge is 1.99. The smallest absolute Gasteiger partial charge is 0.187 e. The minimum absolute atomic E-state index is 0.304. The van der Waals surface area contributed by atoms with E-state index in [2.05, 4.69) is 20.5 Å². The number of hydrazone groups is 1. The Balaban J connectivity index is 2.92. The van der Waals surface area contributed by atoms with E-state index in [0.29, 0.717) is 11.5 Å². The second kappa shape index (κ2) is 3.47. The van der Waals surface area contributed by atoms with Crippen molar-refractivity contribution in [3.63, 3.8) is 0 Å². The SMILES string of the molecule is NN=C(NN)c1cnccn1. The molecular weight excluding hydrogens is 144 g/mol. The summed E-state index contributed by atoms with van der Waals surface area (Å²) in [4.78, 5) is 7.71. The lowest BCUT2D eigenvalue weighted by Crippen LogP contribution is -2.32. The van der Waals surface area contributed by atoms with Gasteiger partial charge >= 0.3 is 0 Å². The molecule has 1 aromatic heterocycles. The van der Waals surface area contributed by atoms with Crippen molar-refractivity contribution < 1.29 is 0 Å². The molecule has 0 aromatic carbocycles. The molecule has 1 heterocycles. The van der Waals surface area contributed by atoms with Gasteiger partial charge in [-0.05, 0) is 0 Å². The van der Waals surface area contributed by atoms with Crippen molar-refractivity contribution in [1.82, 2.24) is 15.4 Å². The topological polar surface area (TPSA) is 102 Å². The first-order chi connectivity index (χ1) is 5.38. The summed E-state index contributed by atoms with van der Waals surface area (Å²) in [6.07, 6.45) is 4.58. The van der Waals surface area contributed by atoms with Crippen molar-refractivity contribution in [3.8, 4) is 0 Å². The lowest BCUT2D eigenvalue weighted by atomic mass is 10.4. The van der Waals surface area contributed by atoms with Crippen LogP contribution in [-0.2, 0) is 0 Å². The van der Waals surface area contributed by atoms with E-state index in [9.17, 15) is 0 Å². The van der Waals surface area contributed by atoms with Crippen molar-refractivity contribution in [1.29, 1.82) is 0 Å². The number of nitrogens with zero attached hydrogens (tertiary/aromatic N) is 3. The van der Waals surface area contributed by atoms with Gasteiger partial charge in [0.25, 0.3) is 0 Å². The van der Waals surface area contributed by atoms with Crippen molar-refractivity contribution in [2.45, 2.75) is 0 Å². The fourth-order valence-corrected chi connectivity index (χ4v) is 0.599. The number of nitrogens with two attached hydrogens (primary N) is 2. The number of rotatable bonds is 1. The standard InChI is InChI=1S/C5H8N6/c6-10-5(11-7)4-3-8-1-2-9-4/h1-3H,6-7H2,(H,10,11). The van der Waals surface area contributed by atoms with Crippen molar-refractivity contribution >= 4 is 5.84 Å². The van der Waals surface area contributed by atoms with Gasteiger partial charge < -0.3 is 11.3 Å². The zero-order chi connectivity index (χ0) is 8.10. The molecule has 0 atom stereocenters. The Bertz CT molecular complexity index is 242. The summed E-state index contributed by atoms with van der Waals surface area (Å²) in [6, 6.07) is 0. The van der Waals surface area contributed by atoms with Crippen molar-refractivity contribution in [2.24, 2.45) is 16.8 Å². The van der Waals surface area contributed by atoms with Crippen molar-refractivity contribution in [3.05, 3.63) is 24.3 Å². The second-order valence-corrected chi connectivity index (χ2v) is 1.71. The third kappa shape index (κ3) is 1.62. The van der Waals surface area contributed by atoms with E-state index < -0.39 is 0 Å². The zero-order valence-electron chi connectivity index (χ0n) is 5.73. The van der Waals surface area contributed by atoms with Crippen LogP contribution in [0.4, 0.5) is 0 Å². The quantitative estimate of drug-likeness (QED) is 0.198. The van der Waals surface area contributed by atoms with Crippen LogP contribution in [-0.4, -0.2) is 15.8 Å². The summed E-state index contributed by atoms with van der Waals surface area (Å²) < 4.78 is 0. The Morgan fingerprint density at radius 2 is 2.36 bits per heavy atom. The number of hydrazine groups is 1. The summed E-state index contributed by atoms with van der Waals surface area (Å²) in [5.41, 5.74) is 2.80. The minimum Gasteiger partial charge on any atom is -0.321 e. The molecule has 6 heteroatoms. The van der Waals surface area contributed by atoms with Gasteiger partial charge in [0, 0.05) is 12.4 Å². The van der Waals surface area contributed by atoms with E-state index in [-0.39, 0.29) is 0 Å². The first kappa shape index (κ1) is 7.42. The maximum atomic E-state index is 5.09. The van der Waals surface area contributed by atoms with Gasteiger partial charge in [-0.1, -0.05) is 0 Å². The Hall–Kier alpha value is -1.69. The van der Waals surface area contributed by atoms with Crippen LogP contribution >= 0.6 is 0 Å². The number of hydrogen-bond acceptors (Lipinski definition) is 5. The zero-order valence-corrected chi connectivity index (χ0v) is 5.73. The van der Waals surface area contributed by atoms with Crippen LogP contribution in [0.5, 0.6) is 0 Å². The van der Waals surface area contributed by atoms with E-state index in [4.69, 9.17) is 11.7 Å². The van der Waals surface area contributed by atoms with E-state index in [1.165, 1.54) is 12.4 Å². The molecule has 0 saturated heterocycles. The van der Waals surface area contributed by atoms with E-state index in [0.717, 1.165) is 0 Å². The average molecular weight is 152 g/mol. The molecule has 0 aliphatic carbocycles. The lowest BCUT2D eigenvalue weighted by molar-refractivity contribution is 0.985. The third-order valence-electron chi connectivity index (χ3n) is 1.07. The summed E-state index contributed by atoms with van der Waals surface area (Å²) in [5, 5.41) is 3.35. The molecule has 0 aliphatic rings. The van der Waals surface area contributed by atoms with Gasteiger partial charge in [0.1, 0.15) is 5.69 Å². The molecule has 58 valence electrons. The number of nitrogens with one attached hydrogen (secondary N) is 1. The van der Waals surface area contributed by atoms with Crippen molar-refractivity contribution in [2.75, 3.05) is 0 Å². The summed E-state index contributed by atoms with van der Waals surface area (Å²) in [7, 11) is 0. The van der Waals surface area contributed by atoms with Gasteiger partial charge in [0.05, 0.1) is 6.20 Å². The highest BCUT2D eigenvalue weighted by atomic mass is 15.3. The molecular formula is C5H8N6. The summed E-state index contributed by atoms with van der Waals surface area (Å²) >= 11 is 0. The molecule has 0 spiro atoms. The molecule has 5 N–H and O–H groups in total. The molecule has 0 unspecified atom stereocenters. The van der Waals surface area contributed by atoms with Gasteiger partial charge in [-0.15, -0.1) is 0 Å². The van der Waals surface area contributed by atoms with E-state index >= 15 is 0 Å². The Morgan fingerprint density at radius 1 is 1.55 bits per heavy atom. The fourth-order valence-electron chi connectivity index (χ4n) is 0.599. The number of hydrogen-bond donors (Lipinski definition) is 3. The second-order valence-electron chi connectivity index (χ2n) is 1.71. The molecule has 1 rings (SSSR count). The Labute approximate surface area is 63.3 Å². The number of amidine groups is 1. The normalized spacial score (nSPS) is 11.2. The van der Waals surface area contributed by atoms with Crippen LogP contribution in [0.15, 0.2) is 23.7 Å². The first-order valence-corrected chi connectivity index (χ1v) is 2.89. The van der Waals surface area contributed by atoms with Crippen LogP contribution in [0.1, 0.15) is 5.69 Å². The molecule has 1 aromatic rings. The first-order valence-electron chi connectivity index (χ1n) is 2.89. The van der Waals surface area contributed by atoms with Crippen LogP contribution < -0.4 is 17.1 Å².